The minimum atomic E-state index is 0.294. The molecule has 5 heteroatoms. The van der Waals surface area contributed by atoms with Crippen molar-refractivity contribution in [1.29, 1.82) is 0 Å². The Bertz CT molecular complexity index is 585. The predicted octanol–water partition coefficient (Wildman–Crippen LogP) is 2.49. The number of aromatic nitrogens is 2. The summed E-state index contributed by atoms with van der Waals surface area (Å²) in [7, 11) is 0. The van der Waals surface area contributed by atoms with Gasteiger partial charge >= 0.3 is 0 Å². The molecule has 0 N–H and O–H groups in total. The molecule has 23 heavy (non-hydrogen) atoms. The number of hydrogen-bond acceptors (Lipinski definition) is 4. The monoisotopic (exact) mass is 315 g/mol. The van der Waals surface area contributed by atoms with Crippen LogP contribution in [0.4, 0.5) is 0 Å². The molecule has 5 nitrogen and oxygen atoms in total. The van der Waals surface area contributed by atoms with Crippen molar-refractivity contribution in [3.63, 3.8) is 0 Å². The second-order valence-electron chi connectivity index (χ2n) is 5.85. The Morgan fingerprint density at radius 3 is 2.87 bits per heavy atom. The topological polar surface area (TPSA) is 39.5 Å². The normalized spacial score (nSPS) is 18.0. The number of hydrogen-bond donors (Lipinski definition) is 0. The first-order chi connectivity index (χ1) is 11.4. The zero-order valence-electron chi connectivity index (χ0n) is 13.7. The van der Waals surface area contributed by atoms with E-state index in [4.69, 9.17) is 9.47 Å². The van der Waals surface area contributed by atoms with E-state index in [1.54, 1.807) is 0 Å². The summed E-state index contributed by atoms with van der Waals surface area (Å²) in [4.78, 5) is 2.42. The molecule has 0 amide bonds. The maximum absolute atomic E-state index is 5.81. The van der Waals surface area contributed by atoms with E-state index in [0.717, 1.165) is 32.8 Å². The largest absolute Gasteiger partial charge is 0.379 e. The third kappa shape index (κ3) is 4.41. The van der Waals surface area contributed by atoms with Gasteiger partial charge in [0.1, 0.15) is 0 Å². The van der Waals surface area contributed by atoms with Crippen molar-refractivity contribution in [1.82, 2.24) is 14.7 Å². The fourth-order valence-corrected chi connectivity index (χ4v) is 2.97. The zero-order valence-corrected chi connectivity index (χ0v) is 13.7. The van der Waals surface area contributed by atoms with Crippen LogP contribution in [0, 0.1) is 0 Å². The van der Waals surface area contributed by atoms with Crippen molar-refractivity contribution >= 4 is 0 Å². The summed E-state index contributed by atoms with van der Waals surface area (Å²) in [6.45, 7) is 7.72. The number of fused-ring (bicyclic) bond motifs is 1. The van der Waals surface area contributed by atoms with E-state index in [1.807, 2.05) is 31.3 Å². The van der Waals surface area contributed by atoms with Gasteiger partial charge in [0, 0.05) is 32.4 Å². The van der Waals surface area contributed by atoms with Gasteiger partial charge in [-0.05, 0) is 18.6 Å². The first-order valence-corrected chi connectivity index (χ1v) is 8.31. The van der Waals surface area contributed by atoms with Gasteiger partial charge in [-0.25, -0.2) is 0 Å². The van der Waals surface area contributed by atoms with Crippen molar-refractivity contribution in [2.45, 2.75) is 26.1 Å². The van der Waals surface area contributed by atoms with Gasteiger partial charge in [0.05, 0.1) is 31.6 Å². The van der Waals surface area contributed by atoms with Gasteiger partial charge in [-0.15, -0.1) is 0 Å². The van der Waals surface area contributed by atoms with Gasteiger partial charge in [0.15, 0.2) is 0 Å². The summed E-state index contributed by atoms with van der Waals surface area (Å²) < 4.78 is 13.5. The third-order valence-electron chi connectivity index (χ3n) is 4.13. The van der Waals surface area contributed by atoms with Crippen LogP contribution in [0.5, 0.6) is 0 Å². The lowest BCUT2D eigenvalue weighted by molar-refractivity contribution is 0.0477. The highest BCUT2D eigenvalue weighted by Crippen LogP contribution is 2.20. The highest BCUT2D eigenvalue weighted by molar-refractivity contribution is 5.13. The molecule has 3 rings (SSSR count). The molecule has 0 bridgehead atoms. The van der Waals surface area contributed by atoms with Crippen molar-refractivity contribution in [2.75, 3.05) is 32.9 Å². The lowest BCUT2D eigenvalue weighted by atomic mass is 10.2. The van der Waals surface area contributed by atoms with E-state index in [0.29, 0.717) is 19.3 Å². The molecule has 1 aromatic heterocycles. The van der Waals surface area contributed by atoms with Crippen molar-refractivity contribution in [2.24, 2.45) is 0 Å². The second-order valence-corrected chi connectivity index (χ2v) is 5.85. The van der Waals surface area contributed by atoms with Gasteiger partial charge in [-0.2, -0.15) is 5.10 Å². The van der Waals surface area contributed by atoms with Crippen LogP contribution < -0.4 is 0 Å². The van der Waals surface area contributed by atoms with Crippen LogP contribution in [0.25, 0.3) is 0 Å². The summed E-state index contributed by atoms with van der Waals surface area (Å²) in [6.07, 6.45) is 1.88. The van der Waals surface area contributed by atoms with E-state index in [-0.39, 0.29) is 0 Å². The molecule has 0 radical (unpaired) electrons. The van der Waals surface area contributed by atoms with E-state index in [2.05, 4.69) is 32.9 Å². The first kappa shape index (κ1) is 16.2. The minimum absolute atomic E-state index is 0.294. The third-order valence-corrected chi connectivity index (χ3v) is 4.13. The fourth-order valence-electron chi connectivity index (χ4n) is 2.97. The molecule has 0 aliphatic carbocycles. The van der Waals surface area contributed by atoms with Gasteiger partial charge < -0.3 is 9.47 Å². The highest BCUT2D eigenvalue weighted by atomic mass is 16.5. The lowest BCUT2D eigenvalue weighted by Gasteiger charge is -2.33. The summed E-state index contributed by atoms with van der Waals surface area (Å²) in [6, 6.07) is 12.7. The van der Waals surface area contributed by atoms with Crippen LogP contribution in [-0.2, 0) is 22.6 Å². The predicted molar refractivity (Wildman–Crippen MR) is 89.1 cm³/mol. The molecular formula is C18H25N3O2. The van der Waals surface area contributed by atoms with Crippen LogP contribution in [0.2, 0.25) is 0 Å². The standard InChI is InChI=1S/C18H25N3O2/c1-2-22-15-18-13-20(12-17-8-9-19-21(17)18)10-11-23-14-16-6-4-3-5-7-16/h3-9,18H,2,10-15H2,1H3. The average molecular weight is 315 g/mol. The second kappa shape index (κ2) is 8.24. The van der Waals surface area contributed by atoms with Crippen LogP contribution in [0.1, 0.15) is 24.2 Å². The van der Waals surface area contributed by atoms with Crippen LogP contribution in [0.3, 0.4) is 0 Å². The molecule has 0 fully saturated rings. The first-order valence-electron chi connectivity index (χ1n) is 8.31. The molecule has 1 aliphatic heterocycles. The van der Waals surface area contributed by atoms with Gasteiger partial charge in [0.2, 0.25) is 0 Å². The molecule has 1 aliphatic rings. The average Bonchev–Trinajstić information content (AvgIpc) is 3.06. The fraction of sp³-hybridized carbons (Fsp3) is 0.500. The summed E-state index contributed by atoms with van der Waals surface area (Å²) >= 11 is 0. The quantitative estimate of drug-likeness (QED) is 0.702. The molecular weight excluding hydrogens is 290 g/mol. The van der Waals surface area contributed by atoms with Gasteiger partial charge in [-0.3, -0.25) is 9.58 Å². The summed E-state index contributed by atoms with van der Waals surface area (Å²) in [5.74, 6) is 0. The zero-order chi connectivity index (χ0) is 15.9. The smallest absolute Gasteiger partial charge is 0.0883 e. The van der Waals surface area contributed by atoms with E-state index >= 15 is 0 Å². The lowest BCUT2D eigenvalue weighted by Crippen LogP contribution is -2.41. The molecule has 0 saturated carbocycles. The van der Waals surface area contributed by atoms with Crippen LogP contribution in [-0.4, -0.2) is 47.6 Å². The van der Waals surface area contributed by atoms with Crippen molar-refractivity contribution in [3.05, 3.63) is 53.9 Å². The van der Waals surface area contributed by atoms with E-state index in [1.165, 1.54) is 11.3 Å². The molecule has 2 heterocycles. The van der Waals surface area contributed by atoms with Crippen molar-refractivity contribution < 1.29 is 9.47 Å². The maximum Gasteiger partial charge on any atom is 0.0883 e. The summed E-state index contributed by atoms with van der Waals surface area (Å²) in [5, 5.41) is 4.44. The molecule has 1 atom stereocenters. The highest BCUT2D eigenvalue weighted by Gasteiger charge is 2.25. The molecule has 1 unspecified atom stereocenters. The molecule has 1 aromatic carbocycles. The Morgan fingerprint density at radius 1 is 1.17 bits per heavy atom. The molecule has 0 spiro atoms. The van der Waals surface area contributed by atoms with E-state index < -0.39 is 0 Å². The molecule has 0 saturated heterocycles. The summed E-state index contributed by atoms with van der Waals surface area (Å²) in [5.41, 5.74) is 2.47. The Hall–Kier alpha value is -1.69. The number of benzene rings is 1. The minimum Gasteiger partial charge on any atom is -0.379 e. The maximum atomic E-state index is 5.81. The van der Waals surface area contributed by atoms with E-state index in [9.17, 15) is 0 Å². The molecule has 124 valence electrons. The Morgan fingerprint density at radius 2 is 2.04 bits per heavy atom. The van der Waals surface area contributed by atoms with Crippen molar-refractivity contribution in [3.8, 4) is 0 Å². The van der Waals surface area contributed by atoms with Crippen LogP contribution in [0.15, 0.2) is 42.6 Å². The Balaban J connectivity index is 1.47. The molecule has 2 aromatic rings. The Kier molecular flexibility index (Phi) is 5.80. The number of nitrogens with zero attached hydrogens (tertiary/aromatic N) is 3. The number of rotatable bonds is 8. The van der Waals surface area contributed by atoms with Gasteiger partial charge in [-0.1, -0.05) is 30.3 Å². The Labute approximate surface area is 137 Å². The number of ether oxygens (including phenoxy) is 2. The van der Waals surface area contributed by atoms with Crippen LogP contribution >= 0.6 is 0 Å². The van der Waals surface area contributed by atoms with Gasteiger partial charge in [0.25, 0.3) is 0 Å². The SMILES string of the molecule is CCOCC1CN(CCOCc2ccccc2)Cc2ccnn21.